The van der Waals surface area contributed by atoms with Gasteiger partial charge in [-0.1, -0.05) is 19.3 Å². The summed E-state index contributed by atoms with van der Waals surface area (Å²) in [7, 11) is 0. The maximum Gasteiger partial charge on any atom is 0.410 e. The molecule has 2 atom stereocenters. The molecule has 110 valence electrons. The lowest BCUT2D eigenvalue weighted by atomic mass is 9.81. The lowest BCUT2D eigenvalue weighted by Crippen LogP contribution is -2.40. The van der Waals surface area contributed by atoms with Gasteiger partial charge in [-0.3, -0.25) is 0 Å². The molecule has 4 heteroatoms. The fraction of sp³-hybridized carbons (Fsp3) is 0.933. The molecule has 1 heterocycles. The third kappa shape index (κ3) is 4.10. The lowest BCUT2D eigenvalue weighted by molar-refractivity contribution is 0.0196. The molecule has 0 radical (unpaired) electrons. The van der Waals surface area contributed by atoms with Crippen molar-refractivity contribution in [2.24, 2.45) is 5.92 Å². The van der Waals surface area contributed by atoms with Crippen molar-refractivity contribution in [3.63, 3.8) is 0 Å². The third-order valence-corrected chi connectivity index (χ3v) is 4.15. The molecule has 1 aliphatic heterocycles. The molecule has 1 N–H and O–H groups in total. The molecule has 4 nitrogen and oxygen atoms in total. The van der Waals surface area contributed by atoms with E-state index in [0.29, 0.717) is 13.0 Å². The van der Waals surface area contributed by atoms with Crippen LogP contribution in [0.3, 0.4) is 0 Å². The van der Waals surface area contributed by atoms with Crippen LogP contribution in [0.25, 0.3) is 0 Å². The number of aliphatic hydroxyl groups is 1. The number of hydrogen-bond acceptors (Lipinski definition) is 3. The molecule has 1 saturated heterocycles. The molecule has 1 amide bonds. The molecule has 1 aliphatic carbocycles. The van der Waals surface area contributed by atoms with Crippen molar-refractivity contribution >= 4 is 6.09 Å². The van der Waals surface area contributed by atoms with Gasteiger partial charge >= 0.3 is 6.09 Å². The summed E-state index contributed by atoms with van der Waals surface area (Å²) in [6.45, 7) is 6.05. The van der Waals surface area contributed by atoms with Crippen molar-refractivity contribution in [2.45, 2.75) is 77.0 Å². The van der Waals surface area contributed by atoms with Crippen LogP contribution in [0.2, 0.25) is 0 Å². The van der Waals surface area contributed by atoms with Gasteiger partial charge in [0.1, 0.15) is 5.60 Å². The van der Waals surface area contributed by atoms with E-state index < -0.39 is 5.60 Å². The molecular weight excluding hydrogens is 242 g/mol. The molecule has 2 fully saturated rings. The van der Waals surface area contributed by atoms with Gasteiger partial charge in [0.25, 0.3) is 0 Å². The van der Waals surface area contributed by atoms with E-state index in [2.05, 4.69) is 0 Å². The fourth-order valence-electron chi connectivity index (χ4n) is 2.92. The van der Waals surface area contributed by atoms with E-state index in [1.165, 1.54) is 25.7 Å². The third-order valence-electron chi connectivity index (χ3n) is 4.15. The number of rotatable bonds is 3. The molecular formula is C15H27NO3. The van der Waals surface area contributed by atoms with Crippen molar-refractivity contribution in [3.8, 4) is 0 Å². The summed E-state index contributed by atoms with van der Waals surface area (Å²) >= 11 is 0. The van der Waals surface area contributed by atoms with Crippen molar-refractivity contribution in [1.82, 2.24) is 4.90 Å². The number of carbonyl (C=O) groups is 1. The van der Waals surface area contributed by atoms with Gasteiger partial charge in [-0.15, -0.1) is 0 Å². The highest BCUT2D eigenvalue weighted by atomic mass is 16.6. The van der Waals surface area contributed by atoms with Gasteiger partial charge in [0, 0.05) is 6.04 Å². The SMILES string of the molecule is CC(C)(C)OC(=O)N1CC(O)CC1CCC1CCC1. The summed E-state index contributed by atoms with van der Waals surface area (Å²) in [6, 6.07) is 0.158. The zero-order valence-electron chi connectivity index (χ0n) is 12.4. The van der Waals surface area contributed by atoms with Gasteiger partial charge in [0.05, 0.1) is 12.6 Å². The van der Waals surface area contributed by atoms with Crippen LogP contribution in [-0.4, -0.2) is 40.4 Å². The second-order valence-electron chi connectivity index (χ2n) is 7.05. The van der Waals surface area contributed by atoms with Gasteiger partial charge < -0.3 is 14.7 Å². The fourth-order valence-corrected chi connectivity index (χ4v) is 2.92. The molecule has 2 rings (SSSR count). The van der Waals surface area contributed by atoms with Crippen molar-refractivity contribution < 1.29 is 14.6 Å². The van der Waals surface area contributed by atoms with Crippen LogP contribution >= 0.6 is 0 Å². The van der Waals surface area contributed by atoms with Crippen molar-refractivity contribution in [2.75, 3.05) is 6.54 Å². The minimum absolute atomic E-state index is 0.158. The smallest absolute Gasteiger partial charge is 0.410 e. The van der Waals surface area contributed by atoms with Crippen molar-refractivity contribution in [1.29, 1.82) is 0 Å². The predicted molar refractivity (Wildman–Crippen MR) is 73.9 cm³/mol. The normalized spacial score (nSPS) is 28.3. The first-order valence-electron chi connectivity index (χ1n) is 7.53. The van der Waals surface area contributed by atoms with Gasteiger partial charge in [-0.2, -0.15) is 0 Å². The van der Waals surface area contributed by atoms with Gasteiger partial charge in [0.2, 0.25) is 0 Å². The van der Waals surface area contributed by atoms with Gasteiger partial charge in [0.15, 0.2) is 0 Å². The first-order chi connectivity index (χ1) is 8.85. The summed E-state index contributed by atoms with van der Waals surface area (Å²) in [4.78, 5) is 13.9. The molecule has 0 aromatic heterocycles. The van der Waals surface area contributed by atoms with Crippen LogP contribution in [0.15, 0.2) is 0 Å². The highest BCUT2D eigenvalue weighted by molar-refractivity contribution is 5.69. The summed E-state index contributed by atoms with van der Waals surface area (Å²) in [5.74, 6) is 0.846. The van der Waals surface area contributed by atoms with E-state index >= 15 is 0 Å². The summed E-state index contributed by atoms with van der Waals surface area (Å²) < 4.78 is 5.42. The van der Waals surface area contributed by atoms with Crippen LogP contribution in [-0.2, 0) is 4.74 Å². The first-order valence-corrected chi connectivity index (χ1v) is 7.53. The highest BCUT2D eigenvalue weighted by Gasteiger charge is 2.37. The maximum absolute atomic E-state index is 12.1. The number of ether oxygens (including phenoxy) is 1. The Kier molecular flexibility index (Phi) is 4.39. The number of likely N-dealkylation sites (tertiary alicyclic amines) is 1. The van der Waals surface area contributed by atoms with Crippen LogP contribution in [0.1, 0.15) is 59.3 Å². The Hall–Kier alpha value is -0.770. The molecule has 0 aromatic carbocycles. The summed E-state index contributed by atoms with van der Waals surface area (Å²) in [5, 5.41) is 9.80. The number of β-amino-alcohol motifs (C(OH)–C–C–N with tert-alkyl or cyclic N) is 1. The molecule has 1 saturated carbocycles. The maximum atomic E-state index is 12.1. The Morgan fingerprint density at radius 1 is 1.32 bits per heavy atom. The Morgan fingerprint density at radius 2 is 2.00 bits per heavy atom. The largest absolute Gasteiger partial charge is 0.444 e. The molecule has 0 spiro atoms. The van der Waals surface area contributed by atoms with Crippen molar-refractivity contribution in [3.05, 3.63) is 0 Å². The number of nitrogens with zero attached hydrogens (tertiary/aromatic N) is 1. The summed E-state index contributed by atoms with van der Waals surface area (Å²) in [6.07, 6.45) is 6.24. The van der Waals surface area contributed by atoms with E-state index in [9.17, 15) is 9.90 Å². The zero-order valence-corrected chi connectivity index (χ0v) is 12.4. The highest BCUT2D eigenvalue weighted by Crippen LogP contribution is 2.33. The first kappa shape index (κ1) is 14.6. The van der Waals surface area contributed by atoms with Crippen LogP contribution in [0.4, 0.5) is 4.79 Å². The number of aliphatic hydroxyl groups excluding tert-OH is 1. The molecule has 19 heavy (non-hydrogen) atoms. The van der Waals surface area contributed by atoms with E-state index in [1.807, 2.05) is 20.8 Å². The second-order valence-corrected chi connectivity index (χ2v) is 7.05. The number of carbonyl (C=O) groups excluding carboxylic acids is 1. The minimum atomic E-state index is -0.469. The topological polar surface area (TPSA) is 49.8 Å². The van der Waals surface area contributed by atoms with Crippen LogP contribution in [0, 0.1) is 5.92 Å². The van der Waals surface area contributed by atoms with Gasteiger partial charge in [-0.25, -0.2) is 4.79 Å². The average molecular weight is 269 g/mol. The Labute approximate surface area is 116 Å². The molecule has 0 aromatic rings. The van der Waals surface area contributed by atoms with E-state index in [0.717, 1.165) is 12.3 Å². The number of hydrogen-bond donors (Lipinski definition) is 1. The van der Waals surface area contributed by atoms with Gasteiger partial charge in [-0.05, 0) is 46.0 Å². The number of amides is 1. The Bertz CT molecular complexity index is 320. The average Bonchev–Trinajstić information content (AvgIpc) is 2.55. The molecule has 2 aliphatic rings. The zero-order chi connectivity index (χ0) is 14.0. The van der Waals surface area contributed by atoms with E-state index in [-0.39, 0.29) is 18.2 Å². The van der Waals surface area contributed by atoms with Crippen LogP contribution in [0.5, 0.6) is 0 Å². The minimum Gasteiger partial charge on any atom is -0.444 e. The van der Waals surface area contributed by atoms with E-state index in [4.69, 9.17) is 4.74 Å². The van der Waals surface area contributed by atoms with Crippen LogP contribution < -0.4 is 0 Å². The predicted octanol–water partition coefficient (Wildman–Crippen LogP) is 2.94. The molecule has 2 unspecified atom stereocenters. The Morgan fingerprint density at radius 3 is 2.53 bits per heavy atom. The molecule has 0 bridgehead atoms. The van der Waals surface area contributed by atoms with E-state index in [1.54, 1.807) is 4.90 Å². The monoisotopic (exact) mass is 269 g/mol. The summed E-state index contributed by atoms with van der Waals surface area (Å²) in [5.41, 5.74) is -0.469. The lowest BCUT2D eigenvalue weighted by Gasteiger charge is -2.31. The Balaban J connectivity index is 1.86. The standard InChI is InChI=1S/C15H27NO3/c1-15(2,3)19-14(18)16-10-13(17)9-12(16)8-7-11-5-4-6-11/h11-13,17H,4-10H2,1-3H3. The second kappa shape index (κ2) is 5.70. The quantitative estimate of drug-likeness (QED) is 0.857.